The molecule has 6 heteroatoms. The molecule has 27 heavy (non-hydrogen) atoms. The zero-order valence-electron chi connectivity index (χ0n) is 15.2. The molecule has 1 saturated heterocycles. The number of ether oxygens (including phenoxy) is 1. The lowest BCUT2D eigenvalue weighted by Gasteiger charge is -2.18. The summed E-state index contributed by atoms with van der Waals surface area (Å²) in [6.07, 6.45) is 3.84. The summed E-state index contributed by atoms with van der Waals surface area (Å²) >= 11 is 0. The number of para-hydroxylation sites is 1. The third kappa shape index (κ3) is 3.30. The molecule has 3 aromatic rings. The van der Waals surface area contributed by atoms with Crippen molar-refractivity contribution in [2.75, 3.05) is 24.6 Å². The van der Waals surface area contributed by atoms with Crippen LogP contribution in [0.4, 0.5) is 5.82 Å². The second kappa shape index (κ2) is 7.23. The van der Waals surface area contributed by atoms with Gasteiger partial charge in [-0.3, -0.25) is 4.79 Å². The van der Waals surface area contributed by atoms with Crippen LogP contribution in [0.2, 0.25) is 0 Å². The van der Waals surface area contributed by atoms with Crippen molar-refractivity contribution in [2.24, 2.45) is 0 Å². The summed E-state index contributed by atoms with van der Waals surface area (Å²) in [5.41, 5.74) is 2.65. The molecule has 0 amide bonds. The van der Waals surface area contributed by atoms with Gasteiger partial charge in [0.15, 0.2) is 6.61 Å². The molecule has 1 N–H and O–H groups in total. The average Bonchev–Trinajstić information content (AvgIpc) is 3.33. The minimum absolute atomic E-state index is 0.218. The summed E-state index contributed by atoms with van der Waals surface area (Å²) in [6.45, 7) is 3.31. The number of carbonyl (C=O) groups is 2. The second-order valence-electron chi connectivity index (χ2n) is 6.74. The molecule has 0 aliphatic carbocycles. The van der Waals surface area contributed by atoms with E-state index in [2.05, 4.69) is 14.9 Å². The number of fused-ring (bicyclic) bond motifs is 1. The van der Waals surface area contributed by atoms with Crippen LogP contribution in [0.25, 0.3) is 10.9 Å². The molecule has 0 unspecified atom stereocenters. The van der Waals surface area contributed by atoms with Gasteiger partial charge in [0.25, 0.3) is 0 Å². The summed E-state index contributed by atoms with van der Waals surface area (Å²) in [5, 5.41) is 0.843. The van der Waals surface area contributed by atoms with Gasteiger partial charge in [-0.15, -0.1) is 0 Å². The molecule has 0 saturated carbocycles. The third-order valence-electron chi connectivity index (χ3n) is 4.92. The van der Waals surface area contributed by atoms with Crippen molar-refractivity contribution in [1.82, 2.24) is 9.97 Å². The van der Waals surface area contributed by atoms with Gasteiger partial charge in [-0.25, -0.2) is 9.78 Å². The quantitative estimate of drug-likeness (QED) is 0.555. The van der Waals surface area contributed by atoms with E-state index in [1.807, 2.05) is 31.2 Å². The molecule has 1 aliphatic heterocycles. The van der Waals surface area contributed by atoms with Crippen molar-refractivity contribution in [2.45, 2.75) is 19.8 Å². The number of nitrogens with zero attached hydrogens (tertiary/aromatic N) is 2. The Balaban J connectivity index is 1.51. The molecule has 0 bridgehead atoms. The molecule has 1 aromatic carbocycles. The van der Waals surface area contributed by atoms with E-state index < -0.39 is 5.97 Å². The number of hydrogen-bond donors (Lipinski definition) is 1. The SMILES string of the molecule is Cc1[nH]c2ccccc2c1C(=O)COC(=O)c1cccnc1N1CCCC1. The van der Waals surface area contributed by atoms with Gasteiger partial charge in [0.2, 0.25) is 5.78 Å². The van der Waals surface area contributed by atoms with Crippen LogP contribution in [-0.2, 0) is 4.74 Å². The highest BCUT2D eigenvalue weighted by Gasteiger charge is 2.23. The number of aryl methyl sites for hydroxylation is 1. The minimum Gasteiger partial charge on any atom is -0.454 e. The third-order valence-corrected chi connectivity index (χ3v) is 4.92. The number of anilines is 1. The van der Waals surface area contributed by atoms with Gasteiger partial charge < -0.3 is 14.6 Å². The highest BCUT2D eigenvalue weighted by Crippen LogP contribution is 2.24. The van der Waals surface area contributed by atoms with Gasteiger partial charge in [0.05, 0.1) is 0 Å². The molecule has 6 nitrogen and oxygen atoms in total. The zero-order chi connectivity index (χ0) is 18.8. The summed E-state index contributed by atoms with van der Waals surface area (Å²) in [6, 6.07) is 11.0. The van der Waals surface area contributed by atoms with E-state index in [-0.39, 0.29) is 12.4 Å². The molecule has 0 atom stereocenters. The summed E-state index contributed by atoms with van der Waals surface area (Å²) < 4.78 is 5.35. The molecular formula is C21H21N3O3. The Bertz CT molecular complexity index is 1000. The maximum Gasteiger partial charge on any atom is 0.342 e. The predicted molar refractivity (Wildman–Crippen MR) is 103 cm³/mol. The van der Waals surface area contributed by atoms with Crippen LogP contribution in [0.15, 0.2) is 42.6 Å². The fourth-order valence-electron chi connectivity index (χ4n) is 3.65. The van der Waals surface area contributed by atoms with Crippen LogP contribution in [0.5, 0.6) is 0 Å². The van der Waals surface area contributed by atoms with Crippen LogP contribution in [0.3, 0.4) is 0 Å². The number of esters is 1. The first-order chi connectivity index (χ1) is 13.1. The van der Waals surface area contributed by atoms with Crippen LogP contribution in [0, 0.1) is 6.92 Å². The number of carbonyl (C=O) groups excluding carboxylic acids is 2. The summed E-state index contributed by atoms with van der Waals surface area (Å²) in [4.78, 5) is 34.9. The molecule has 3 heterocycles. The lowest BCUT2D eigenvalue weighted by molar-refractivity contribution is 0.0475. The Hall–Kier alpha value is -3.15. The van der Waals surface area contributed by atoms with Crippen LogP contribution < -0.4 is 4.90 Å². The molecule has 0 spiro atoms. The average molecular weight is 363 g/mol. The first-order valence-corrected chi connectivity index (χ1v) is 9.13. The number of H-pyrrole nitrogens is 1. The van der Waals surface area contributed by atoms with Crippen molar-refractivity contribution in [3.8, 4) is 0 Å². The zero-order valence-corrected chi connectivity index (χ0v) is 15.2. The summed E-state index contributed by atoms with van der Waals surface area (Å²) in [7, 11) is 0. The Kier molecular flexibility index (Phi) is 4.62. The van der Waals surface area contributed by atoms with Crippen LogP contribution >= 0.6 is 0 Å². The first kappa shape index (κ1) is 17.3. The molecule has 1 aliphatic rings. The Morgan fingerprint density at radius 1 is 1.15 bits per heavy atom. The van der Waals surface area contributed by atoms with E-state index in [0.29, 0.717) is 16.9 Å². The Morgan fingerprint density at radius 2 is 1.93 bits per heavy atom. The lowest BCUT2D eigenvalue weighted by Crippen LogP contribution is -2.23. The molecular weight excluding hydrogens is 342 g/mol. The van der Waals surface area contributed by atoms with Gasteiger partial charge in [0.1, 0.15) is 11.4 Å². The molecule has 0 radical (unpaired) electrons. The molecule has 138 valence electrons. The smallest absolute Gasteiger partial charge is 0.342 e. The summed E-state index contributed by atoms with van der Waals surface area (Å²) in [5.74, 6) is -0.100. The van der Waals surface area contributed by atoms with Crippen LogP contribution in [0.1, 0.15) is 39.3 Å². The van der Waals surface area contributed by atoms with Crippen molar-refractivity contribution in [3.63, 3.8) is 0 Å². The number of nitrogens with one attached hydrogen (secondary N) is 1. The molecule has 2 aromatic heterocycles. The standard InChI is InChI=1S/C21H21N3O3/c1-14-19(15-7-2-3-9-17(15)23-14)18(25)13-27-21(26)16-8-6-10-22-20(16)24-11-4-5-12-24/h2-3,6-10,23H,4-5,11-13H2,1H3. The number of aromatic nitrogens is 2. The van der Waals surface area contributed by atoms with Gasteiger partial charge >= 0.3 is 5.97 Å². The Labute approximate surface area is 157 Å². The normalized spacial score (nSPS) is 13.9. The largest absolute Gasteiger partial charge is 0.454 e. The minimum atomic E-state index is -0.518. The van der Waals surface area contributed by atoms with Gasteiger partial charge in [-0.1, -0.05) is 18.2 Å². The highest BCUT2D eigenvalue weighted by molar-refractivity contribution is 6.10. The maximum atomic E-state index is 12.7. The van der Waals surface area contributed by atoms with E-state index >= 15 is 0 Å². The predicted octanol–water partition coefficient (Wildman–Crippen LogP) is 3.51. The van der Waals surface area contributed by atoms with Crippen molar-refractivity contribution in [1.29, 1.82) is 0 Å². The van der Waals surface area contributed by atoms with Gasteiger partial charge in [-0.2, -0.15) is 0 Å². The number of aromatic amines is 1. The second-order valence-corrected chi connectivity index (χ2v) is 6.74. The van der Waals surface area contributed by atoms with Gasteiger partial charge in [0, 0.05) is 41.4 Å². The lowest BCUT2D eigenvalue weighted by atomic mass is 10.1. The maximum absolute atomic E-state index is 12.7. The van der Waals surface area contributed by atoms with Crippen LogP contribution in [-0.4, -0.2) is 41.4 Å². The number of rotatable bonds is 5. The van der Waals surface area contributed by atoms with Crippen molar-refractivity contribution >= 4 is 28.5 Å². The highest BCUT2D eigenvalue weighted by atomic mass is 16.5. The number of Topliss-reactive ketones (excluding diaryl/α,β-unsaturated/α-hetero) is 1. The monoisotopic (exact) mass is 363 g/mol. The Morgan fingerprint density at radius 3 is 2.74 bits per heavy atom. The number of ketones is 1. The molecule has 1 fully saturated rings. The number of pyridine rings is 1. The van der Waals surface area contributed by atoms with E-state index in [0.717, 1.165) is 42.5 Å². The fourth-order valence-corrected chi connectivity index (χ4v) is 3.65. The van der Waals surface area contributed by atoms with E-state index in [1.165, 1.54) is 0 Å². The first-order valence-electron chi connectivity index (χ1n) is 9.13. The van der Waals surface area contributed by atoms with E-state index in [4.69, 9.17) is 4.74 Å². The van der Waals surface area contributed by atoms with Crippen molar-refractivity contribution in [3.05, 3.63) is 59.4 Å². The van der Waals surface area contributed by atoms with Gasteiger partial charge in [-0.05, 0) is 38.0 Å². The van der Waals surface area contributed by atoms with E-state index in [9.17, 15) is 9.59 Å². The topological polar surface area (TPSA) is 75.3 Å². The molecule has 4 rings (SSSR count). The number of hydrogen-bond acceptors (Lipinski definition) is 5. The van der Waals surface area contributed by atoms with Crippen molar-refractivity contribution < 1.29 is 14.3 Å². The van der Waals surface area contributed by atoms with E-state index in [1.54, 1.807) is 18.3 Å². The number of benzene rings is 1. The fraction of sp³-hybridized carbons (Fsp3) is 0.286.